The number of imidazole rings is 1. The van der Waals surface area contributed by atoms with E-state index in [0.29, 0.717) is 40.8 Å². The Kier molecular flexibility index (Phi) is 10.4. The third-order valence-corrected chi connectivity index (χ3v) is 14.5. The highest BCUT2D eigenvalue weighted by atomic mass is 35.5. The smallest absolute Gasteiger partial charge is 0.302 e. The molecule has 294 valence electrons. The van der Waals surface area contributed by atoms with E-state index >= 15 is 16.8 Å². The Morgan fingerprint density at radius 1 is 0.737 bits per heavy atom. The van der Waals surface area contributed by atoms with Crippen molar-refractivity contribution in [1.29, 1.82) is 0 Å². The van der Waals surface area contributed by atoms with Gasteiger partial charge < -0.3 is 19.4 Å². The number of hydrogen-bond acceptors (Lipinski definition) is 8. The molecule has 8 rings (SSSR count). The second kappa shape index (κ2) is 15.3. The summed E-state index contributed by atoms with van der Waals surface area (Å²) in [7, 11) is -1.77. The fraction of sp³-hybridized carbons (Fsp3) is 0.195. The molecule has 0 aliphatic rings. The third kappa shape index (κ3) is 7.08. The Morgan fingerprint density at radius 3 is 2.16 bits per heavy atom. The van der Waals surface area contributed by atoms with Gasteiger partial charge in [0, 0.05) is 59.9 Å². The molecular weight excluding hydrogens is 800 g/mol. The predicted octanol–water partition coefficient (Wildman–Crippen LogP) is 7.82. The highest BCUT2D eigenvalue weighted by Gasteiger charge is 2.43. The van der Waals surface area contributed by atoms with Gasteiger partial charge in [0.05, 0.1) is 21.8 Å². The number of likely N-dealkylation sites (N-methyl/N-ethyl adjacent to an activating group) is 2. The molecule has 4 heterocycles. The second-order valence-electron chi connectivity index (χ2n) is 14.2. The number of halogens is 1. The molecule has 12 nitrogen and oxygen atoms in total. The first-order chi connectivity index (χ1) is 27.4. The molecule has 0 saturated carbocycles. The minimum atomic E-state index is -4.91. The summed E-state index contributed by atoms with van der Waals surface area (Å²) in [5, 5.41) is 2.15. The van der Waals surface area contributed by atoms with Gasteiger partial charge in [-0.05, 0) is 93.8 Å². The van der Waals surface area contributed by atoms with Crippen LogP contribution in [0.2, 0.25) is 5.15 Å². The zero-order valence-corrected chi connectivity index (χ0v) is 34.9. The summed E-state index contributed by atoms with van der Waals surface area (Å²) in [6.45, 7) is 2.00. The molecule has 0 aliphatic carbocycles. The summed E-state index contributed by atoms with van der Waals surface area (Å²) >= 11 is 7.95. The average Bonchev–Trinajstić information content (AvgIpc) is 3.99. The zero-order chi connectivity index (χ0) is 40.1. The summed E-state index contributed by atoms with van der Waals surface area (Å²) in [6, 6.07) is 28.4. The van der Waals surface area contributed by atoms with Crippen molar-refractivity contribution in [1.82, 2.24) is 28.7 Å². The number of fused-ring (bicyclic) bond motifs is 3. The van der Waals surface area contributed by atoms with E-state index in [0.717, 1.165) is 37.6 Å². The van der Waals surface area contributed by atoms with Crippen molar-refractivity contribution in [3.05, 3.63) is 132 Å². The number of hydrazine groups is 1. The summed E-state index contributed by atoms with van der Waals surface area (Å²) in [5.41, 5.74) is 4.17. The fourth-order valence-corrected chi connectivity index (χ4v) is 11.8. The van der Waals surface area contributed by atoms with Crippen LogP contribution in [-0.2, 0) is 33.0 Å². The topological polar surface area (TPSA) is 119 Å². The molecule has 16 heteroatoms. The Bertz CT molecular complexity index is 2940. The Morgan fingerprint density at radius 2 is 1.42 bits per heavy atom. The van der Waals surface area contributed by atoms with Crippen molar-refractivity contribution in [2.45, 2.75) is 22.9 Å². The molecule has 1 N–H and O–H groups in total. The van der Waals surface area contributed by atoms with E-state index < -0.39 is 20.0 Å². The highest BCUT2D eigenvalue weighted by molar-refractivity contribution is 7.97. The van der Waals surface area contributed by atoms with Gasteiger partial charge in [0.25, 0.3) is 10.0 Å². The number of nitrogens with zero attached hydrogens (tertiary/aromatic N) is 7. The number of rotatable bonds is 14. The fourth-order valence-electron chi connectivity index (χ4n) is 7.06. The number of aromatic nitrogens is 4. The van der Waals surface area contributed by atoms with Crippen LogP contribution in [-0.4, -0.2) is 86.9 Å². The quantitative estimate of drug-likeness (QED) is 0.111. The summed E-state index contributed by atoms with van der Waals surface area (Å²) < 4.78 is 68.2. The maximum absolute atomic E-state index is 15.7. The van der Waals surface area contributed by atoms with Gasteiger partial charge in [-0.2, -0.15) is 25.7 Å². The lowest BCUT2D eigenvalue weighted by atomic mass is 10.1. The summed E-state index contributed by atoms with van der Waals surface area (Å²) in [5.74, 6) is 0. The van der Waals surface area contributed by atoms with E-state index in [1.807, 2.05) is 98.6 Å². The molecule has 0 spiro atoms. The molecule has 0 saturated heterocycles. The average molecular weight is 841 g/mol. The molecule has 0 aliphatic heterocycles. The van der Waals surface area contributed by atoms with Gasteiger partial charge in [-0.1, -0.05) is 66.2 Å². The lowest BCUT2D eigenvalue weighted by Gasteiger charge is -2.36. The van der Waals surface area contributed by atoms with Gasteiger partial charge in [0.15, 0.2) is 10.1 Å². The molecular formula is C41H41ClN8O4S3. The van der Waals surface area contributed by atoms with Crippen molar-refractivity contribution in [3.63, 3.8) is 0 Å². The van der Waals surface area contributed by atoms with Crippen molar-refractivity contribution in [2.75, 3.05) is 50.1 Å². The van der Waals surface area contributed by atoms with E-state index in [9.17, 15) is 0 Å². The zero-order valence-electron chi connectivity index (χ0n) is 31.7. The SMILES string of the molecule is CN(C)CCc1c[nH]c2cccc(N(N(c3cccc4c3ccn4CCN(C)C)S(=O)(=O)c3c(Cl)nc4sccn34)S(=O)(=O)c3ccc(-c4ccccc4)cc3)c12. The first-order valence-electron chi connectivity index (χ1n) is 18.2. The monoisotopic (exact) mass is 840 g/mol. The van der Waals surface area contributed by atoms with Gasteiger partial charge in [-0.25, -0.2) is 4.98 Å². The lowest BCUT2D eigenvalue weighted by molar-refractivity contribution is 0.387. The van der Waals surface area contributed by atoms with E-state index in [1.54, 1.807) is 48.0 Å². The maximum atomic E-state index is 15.7. The van der Waals surface area contributed by atoms with Crippen LogP contribution in [0.1, 0.15) is 5.56 Å². The minimum absolute atomic E-state index is 0.111. The Hall–Kier alpha value is -5.16. The first-order valence-corrected chi connectivity index (χ1v) is 22.3. The molecule has 0 fully saturated rings. The van der Waals surface area contributed by atoms with Crippen LogP contribution in [0.25, 0.3) is 37.9 Å². The van der Waals surface area contributed by atoms with Gasteiger partial charge >= 0.3 is 10.0 Å². The Labute approximate surface area is 340 Å². The normalized spacial score (nSPS) is 12.5. The van der Waals surface area contributed by atoms with Crippen molar-refractivity contribution < 1.29 is 16.8 Å². The number of benzene rings is 4. The van der Waals surface area contributed by atoms with Crippen LogP contribution in [0.4, 0.5) is 11.4 Å². The van der Waals surface area contributed by atoms with Gasteiger partial charge in [-0.3, -0.25) is 4.40 Å². The third-order valence-electron chi connectivity index (χ3n) is 9.89. The van der Waals surface area contributed by atoms with Gasteiger partial charge in [-0.15, -0.1) is 11.3 Å². The van der Waals surface area contributed by atoms with E-state index in [1.165, 1.54) is 27.9 Å². The molecule has 0 radical (unpaired) electrons. The van der Waals surface area contributed by atoms with Crippen LogP contribution < -0.4 is 8.83 Å². The molecule has 8 aromatic rings. The van der Waals surface area contributed by atoms with Crippen molar-refractivity contribution >= 4 is 81.1 Å². The molecule has 4 aromatic heterocycles. The molecule has 4 aromatic carbocycles. The van der Waals surface area contributed by atoms with Crippen LogP contribution in [0.5, 0.6) is 0 Å². The van der Waals surface area contributed by atoms with Crippen molar-refractivity contribution in [3.8, 4) is 11.1 Å². The lowest BCUT2D eigenvalue weighted by Crippen LogP contribution is -2.51. The molecule has 0 atom stereocenters. The molecule has 0 amide bonds. The standard InChI is InChI=1S/C41H41ClN8O4S3/c1-45(2)22-20-31-28-43-34-12-8-15-37(38(31)34)50(56(51,52)32-18-16-30(17-19-32)29-10-6-5-7-11-29)49(57(53,54)40-39(42)44-41-48(40)26-27-55-41)36-14-9-13-35-33(36)21-23-47(35)25-24-46(3)4/h5-19,21,23,26-28,43H,20,22,24-25H2,1-4H3. The molecule has 0 unspecified atom stereocenters. The summed E-state index contributed by atoms with van der Waals surface area (Å²) in [6.07, 6.45) is 5.86. The number of H-pyrrole nitrogens is 1. The number of sulfonamides is 2. The highest BCUT2D eigenvalue weighted by Crippen LogP contribution is 2.43. The van der Waals surface area contributed by atoms with Crippen LogP contribution in [0.3, 0.4) is 0 Å². The largest absolute Gasteiger partial charge is 0.361 e. The number of nitrogens with one attached hydrogen (secondary N) is 1. The molecule has 57 heavy (non-hydrogen) atoms. The summed E-state index contributed by atoms with van der Waals surface area (Å²) in [4.78, 5) is 12.0. The number of thiazole rings is 1. The second-order valence-corrected chi connectivity index (χ2v) is 18.9. The number of hydrogen-bond donors (Lipinski definition) is 1. The van der Waals surface area contributed by atoms with Crippen LogP contribution in [0.15, 0.2) is 131 Å². The van der Waals surface area contributed by atoms with Gasteiger partial charge in [0.2, 0.25) is 5.03 Å². The van der Waals surface area contributed by atoms with Gasteiger partial charge in [0.1, 0.15) is 0 Å². The van der Waals surface area contributed by atoms with E-state index in [-0.39, 0.29) is 26.4 Å². The first kappa shape index (κ1) is 38.7. The number of aromatic amines is 1. The van der Waals surface area contributed by atoms with Crippen molar-refractivity contribution in [2.24, 2.45) is 0 Å². The van der Waals surface area contributed by atoms with Crippen LogP contribution in [0, 0.1) is 0 Å². The number of anilines is 2. The van der Waals surface area contributed by atoms with Crippen LogP contribution >= 0.6 is 22.9 Å². The predicted molar refractivity (Wildman–Crippen MR) is 230 cm³/mol. The molecule has 0 bridgehead atoms. The van der Waals surface area contributed by atoms with E-state index in [4.69, 9.17) is 11.6 Å². The minimum Gasteiger partial charge on any atom is -0.361 e. The van der Waals surface area contributed by atoms with E-state index in [2.05, 4.69) is 14.9 Å². The Balaban J connectivity index is 1.44. The maximum Gasteiger partial charge on any atom is 0.302 e.